The Labute approximate surface area is 262 Å². The molecule has 14 heteroatoms. The predicted molar refractivity (Wildman–Crippen MR) is 183 cm³/mol. The van der Waals surface area contributed by atoms with Crippen LogP contribution in [-0.4, -0.2) is 57.1 Å². The molecule has 3 aromatic carbocycles. The number of anilines is 11. The average Bonchev–Trinajstić information content (AvgIpc) is 3.01. The molecular formula is C31H38N14. The predicted octanol–water partition coefficient (Wildman–Crippen LogP) is 4.99. The Morgan fingerprint density at radius 2 is 1.07 bits per heavy atom. The monoisotopic (exact) mass is 606 g/mol. The molecule has 0 atom stereocenters. The molecule has 9 N–H and O–H groups in total. The maximum absolute atomic E-state index is 5.92. The van der Waals surface area contributed by atoms with Gasteiger partial charge in [-0.1, -0.05) is 31.2 Å². The van der Waals surface area contributed by atoms with Crippen LogP contribution in [0.2, 0.25) is 0 Å². The van der Waals surface area contributed by atoms with Gasteiger partial charge < -0.3 is 43.0 Å². The fourth-order valence-electron chi connectivity index (χ4n) is 4.20. The molecule has 0 aliphatic carbocycles. The minimum Gasteiger partial charge on any atom is -0.399 e. The molecule has 0 aliphatic heterocycles. The molecule has 0 radical (unpaired) electrons. The fourth-order valence-corrected chi connectivity index (χ4v) is 4.20. The van der Waals surface area contributed by atoms with Gasteiger partial charge in [0.05, 0.1) is 0 Å². The van der Waals surface area contributed by atoms with Gasteiger partial charge in [-0.05, 0) is 66.9 Å². The van der Waals surface area contributed by atoms with Crippen molar-refractivity contribution in [1.29, 1.82) is 0 Å². The number of nitrogens with two attached hydrogens (primary N) is 2. The zero-order valence-corrected chi connectivity index (χ0v) is 25.5. The Balaban J connectivity index is 1.21. The molecule has 232 valence electrons. The standard InChI is InChI=1S/C31H38N14/c1-4-16-34-26-39-27(41-28(40-26)37-24-9-5-7-21(32)18-24)35-17-15-20-11-13-23(14-12-20)36-29-42-30(44-31(43-29)45(2)3)38-25-10-6-8-22(33)19-25/h5-14,18-19H,4,15-17,32-33H2,1-3H3,(H2,36,38,42,43,44)(H3,34,35,37,39,40,41). The van der Waals surface area contributed by atoms with E-state index in [9.17, 15) is 0 Å². The zero-order chi connectivity index (χ0) is 31.6. The van der Waals surface area contributed by atoms with Crippen LogP contribution in [0.15, 0.2) is 72.8 Å². The van der Waals surface area contributed by atoms with Crippen molar-refractivity contribution in [2.75, 3.05) is 70.1 Å². The van der Waals surface area contributed by atoms with Gasteiger partial charge in [0.25, 0.3) is 0 Å². The first kappa shape index (κ1) is 30.5. The molecule has 5 rings (SSSR count). The maximum atomic E-state index is 5.92. The van der Waals surface area contributed by atoms with Crippen molar-refractivity contribution < 1.29 is 0 Å². The van der Waals surface area contributed by atoms with Crippen molar-refractivity contribution in [3.8, 4) is 0 Å². The van der Waals surface area contributed by atoms with Crippen LogP contribution in [-0.2, 0) is 6.42 Å². The minimum atomic E-state index is 0.405. The van der Waals surface area contributed by atoms with E-state index in [0.717, 1.165) is 42.0 Å². The van der Waals surface area contributed by atoms with Crippen LogP contribution < -0.4 is 43.0 Å². The van der Waals surface area contributed by atoms with Crippen molar-refractivity contribution in [3.05, 3.63) is 78.4 Å². The third kappa shape index (κ3) is 9.03. The van der Waals surface area contributed by atoms with E-state index >= 15 is 0 Å². The van der Waals surface area contributed by atoms with E-state index < -0.39 is 0 Å². The van der Waals surface area contributed by atoms with Gasteiger partial charge in [0.2, 0.25) is 35.7 Å². The second kappa shape index (κ2) is 14.5. The minimum absolute atomic E-state index is 0.405. The summed E-state index contributed by atoms with van der Waals surface area (Å²) in [5.74, 6) is 2.73. The highest BCUT2D eigenvalue weighted by molar-refractivity contribution is 5.63. The molecule has 0 amide bonds. The number of hydrogen-bond donors (Lipinski definition) is 7. The van der Waals surface area contributed by atoms with E-state index in [1.165, 1.54) is 0 Å². The summed E-state index contributed by atoms with van der Waals surface area (Å²) >= 11 is 0. The highest BCUT2D eigenvalue weighted by atomic mass is 15.3. The third-order valence-electron chi connectivity index (χ3n) is 6.38. The van der Waals surface area contributed by atoms with Crippen LogP contribution in [0.3, 0.4) is 0 Å². The Morgan fingerprint density at radius 3 is 1.60 bits per heavy atom. The Bertz CT molecular complexity index is 1710. The molecule has 0 aliphatic rings. The smallest absolute Gasteiger partial charge is 0.233 e. The zero-order valence-electron chi connectivity index (χ0n) is 25.5. The molecule has 0 bridgehead atoms. The van der Waals surface area contributed by atoms with Gasteiger partial charge in [-0.2, -0.15) is 29.9 Å². The molecule has 0 saturated carbocycles. The summed E-state index contributed by atoms with van der Waals surface area (Å²) in [6.07, 6.45) is 1.70. The Hall–Kier alpha value is -5.92. The summed E-state index contributed by atoms with van der Waals surface area (Å²) in [7, 11) is 3.76. The summed E-state index contributed by atoms with van der Waals surface area (Å²) in [6.45, 7) is 3.46. The van der Waals surface area contributed by atoms with Crippen LogP contribution in [0.4, 0.5) is 64.1 Å². The van der Waals surface area contributed by atoms with Crippen LogP contribution in [0, 0.1) is 0 Å². The lowest BCUT2D eigenvalue weighted by Gasteiger charge is -2.14. The molecule has 45 heavy (non-hydrogen) atoms. The molecule has 0 unspecified atom stereocenters. The molecule has 0 spiro atoms. The second-order valence-corrected chi connectivity index (χ2v) is 10.4. The highest BCUT2D eigenvalue weighted by Crippen LogP contribution is 2.22. The van der Waals surface area contributed by atoms with E-state index in [1.807, 2.05) is 79.7 Å². The largest absolute Gasteiger partial charge is 0.399 e. The molecule has 2 heterocycles. The third-order valence-corrected chi connectivity index (χ3v) is 6.38. The molecular weight excluding hydrogens is 568 g/mol. The van der Waals surface area contributed by atoms with Crippen LogP contribution in [0.25, 0.3) is 0 Å². The Morgan fingerprint density at radius 1 is 0.578 bits per heavy atom. The quantitative estimate of drug-likeness (QED) is 0.0835. The molecule has 14 nitrogen and oxygen atoms in total. The number of hydrogen-bond acceptors (Lipinski definition) is 14. The van der Waals surface area contributed by atoms with Crippen molar-refractivity contribution in [1.82, 2.24) is 29.9 Å². The number of nitrogen functional groups attached to an aromatic ring is 2. The van der Waals surface area contributed by atoms with Crippen LogP contribution in [0.1, 0.15) is 18.9 Å². The summed E-state index contributed by atoms with van der Waals surface area (Å²) in [6, 6.07) is 22.9. The summed E-state index contributed by atoms with van der Waals surface area (Å²) in [5.41, 5.74) is 16.7. The van der Waals surface area contributed by atoms with E-state index in [0.29, 0.717) is 53.6 Å². The van der Waals surface area contributed by atoms with Gasteiger partial charge >= 0.3 is 0 Å². The topological polar surface area (TPSA) is 193 Å². The lowest BCUT2D eigenvalue weighted by Crippen LogP contribution is -2.15. The van der Waals surface area contributed by atoms with Crippen LogP contribution >= 0.6 is 0 Å². The van der Waals surface area contributed by atoms with Gasteiger partial charge in [0, 0.05) is 55.6 Å². The first-order valence-electron chi connectivity index (χ1n) is 14.6. The molecule has 0 saturated heterocycles. The lowest BCUT2D eigenvalue weighted by atomic mass is 10.1. The average molecular weight is 607 g/mol. The van der Waals surface area contributed by atoms with Gasteiger partial charge in [-0.25, -0.2) is 0 Å². The first-order valence-corrected chi connectivity index (χ1v) is 14.6. The SMILES string of the molecule is CCCNc1nc(NCCc2ccc(Nc3nc(Nc4cccc(N)c4)nc(N(C)C)n3)cc2)nc(Nc2cccc(N)c2)n1. The number of nitrogens with one attached hydrogen (secondary N) is 5. The highest BCUT2D eigenvalue weighted by Gasteiger charge is 2.10. The number of nitrogens with zero attached hydrogens (tertiary/aromatic N) is 7. The fraction of sp³-hybridized carbons (Fsp3) is 0.226. The summed E-state index contributed by atoms with van der Waals surface area (Å²) in [4.78, 5) is 29.0. The summed E-state index contributed by atoms with van der Waals surface area (Å²) in [5, 5.41) is 16.2. The van der Waals surface area contributed by atoms with Gasteiger partial charge in [-0.3, -0.25) is 0 Å². The van der Waals surface area contributed by atoms with Crippen molar-refractivity contribution in [3.63, 3.8) is 0 Å². The van der Waals surface area contributed by atoms with Crippen molar-refractivity contribution >= 4 is 64.1 Å². The van der Waals surface area contributed by atoms with Gasteiger partial charge in [0.15, 0.2) is 0 Å². The molecule has 0 fully saturated rings. The number of rotatable bonds is 14. The first-order chi connectivity index (χ1) is 21.8. The lowest BCUT2D eigenvalue weighted by molar-refractivity contribution is 0.928. The number of benzene rings is 3. The van der Waals surface area contributed by atoms with Crippen molar-refractivity contribution in [2.45, 2.75) is 19.8 Å². The van der Waals surface area contributed by atoms with Gasteiger partial charge in [-0.15, -0.1) is 0 Å². The Kier molecular flexibility index (Phi) is 9.84. The van der Waals surface area contributed by atoms with E-state index in [1.54, 1.807) is 0 Å². The van der Waals surface area contributed by atoms with E-state index in [2.05, 4.69) is 75.5 Å². The molecule has 2 aromatic heterocycles. The normalized spacial score (nSPS) is 10.6. The van der Waals surface area contributed by atoms with Gasteiger partial charge in [0.1, 0.15) is 0 Å². The number of aromatic nitrogens is 6. The second-order valence-electron chi connectivity index (χ2n) is 10.4. The van der Waals surface area contributed by atoms with E-state index in [-0.39, 0.29) is 0 Å². The molecule has 5 aromatic rings. The van der Waals surface area contributed by atoms with E-state index in [4.69, 9.17) is 11.5 Å². The van der Waals surface area contributed by atoms with Crippen LogP contribution in [0.5, 0.6) is 0 Å². The maximum Gasteiger partial charge on any atom is 0.233 e. The van der Waals surface area contributed by atoms with Crippen molar-refractivity contribution in [2.24, 2.45) is 0 Å². The summed E-state index contributed by atoms with van der Waals surface area (Å²) < 4.78 is 0.